The van der Waals surface area contributed by atoms with Gasteiger partial charge in [0.1, 0.15) is 11.6 Å². The van der Waals surface area contributed by atoms with Crippen molar-refractivity contribution in [3.8, 4) is 0 Å². The van der Waals surface area contributed by atoms with Crippen molar-refractivity contribution in [2.75, 3.05) is 6.54 Å². The standard InChI is InChI=1S/C12H21NO4/c1-8-6-5-7-13(9(8)10(14)15)11(16)17-12(2,3)4/h8-9H,5-7H2,1-4H3,(H,14,15)/t8-,9+/m1/s1. The normalized spacial score (nSPS) is 25.5. The Morgan fingerprint density at radius 2 is 1.94 bits per heavy atom. The van der Waals surface area contributed by atoms with Gasteiger partial charge in [0.05, 0.1) is 0 Å². The first kappa shape index (κ1) is 13.8. The van der Waals surface area contributed by atoms with E-state index in [1.807, 2.05) is 6.92 Å². The number of amides is 1. The minimum absolute atomic E-state index is 0.0335. The van der Waals surface area contributed by atoms with Crippen LogP contribution in [-0.4, -0.2) is 40.3 Å². The van der Waals surface area contributed by atoms with Gasteiger partial charge in [0.15, 0.2) is 0 Å². The summed E-state index contributed by atoms with van der Waals surface area (Å²) < 4.78 is 5.23. The molecule has 0 unspecified atom stereocenters. The maximum absolute atomic E-state index is 11.9. The Labute approximate surface area is 102 Å². The molecule has 0 aromatic carbocycles. The SMILES string of the molecule is C[C@@H]1CCCN(C(=O)OC(C)(C)C)[C@@H]1C(=O)O. The number of hydrogen-bond donors (Lipinski definition) is 1. The lowest BCUT2D eigenvalue weighted by Gasteiger charge is -2.37. The number of carbonyl (C=O) groups is 2. The van der Waals surface area contributed by atoms with Crippen molar-refractivity contribution in [2.45, 2.75) is 52.2 Å². The molecule has 0 spiro atoms. The van der Waals surface area contributed by atoms with Gasteiger partial charge in [0.25, 0.3) is 0 Å². The molecule has 0 radical (unpaired) electrons. The summed E-state index contributed by atoms with van der Waals surface area (Å²) in [6.07, 6.45) is 1.12. The summed E-state index contributed by atoms with van der Waals surface area (Å²) in [4.78, 5) is 24.4. The van der Waals surface area contributed by atoms with Gasteiger partial charge in [-0.3, -0.25) is 4.90 Å². The largest absolute Gasteiger partial charge is 0.480 e. The van der Waals surface area contributed by atoms with Crippen molar-refractivity contribution < 1.29 is 19.4 Å². The minimum atomic E-state index is -0.956. The number of carboxylic acid groups (broad SMARTS) is 1. The summed E-state index contributed by atoms with van der Waals surface area (Å²) in [5, 5.41) is 9.18. The molecule has 98 valence electrons. The molecule has 1 aliphatic rings. The van der Waals surface area contributed by atoms with Crippen LogP contribution in [0.15, 0.2) is 0 Å². The monoisotopic (exact) mass is 243 g/mol. The molecule has 1 heterocycles. The van der Waals surface area contributed by atoms with Gasteiger partial charge in [-0.1, -0.05) is 6.92 Å². The molecule has 1 amide bonds. The van der Waals surface area contributed by atoms with E-state index in [0.29, 0.717) is 6.54 Å². The zero-order valence-corrected chi connectivity index (χ0v) is 10.9. The van der Waals surface area contributed by atoms with Crippen molar-refractivity contribution in [3.05, 3.63) is 0 Å². The molecule has 0 aromatic heterocycles. The Balaban J connectivity index is 2.79. The molecule has 17 heavy (non-hydrogen) atoms. The predicted molar refractivity (Wildman–Crippen MR) is 62.8 cm³/mol. The second-order valence-corrected chi connectivity index (χ2v) is 5.58. The predicted octanol–water partition coefficient (Wildman–Crippen LogP) is 2.11. The average Bonchev–Trinajstić information content (AvgIpc) is 2.13. The summed E-state index contributed by atoms with van der Waals surface area (Å²) in [5.74, 6) is -0.989. The number of piperidine rings is 1. The number of carboxylic acids is 1. The first-order valence-corrected chi connectivity index (χ1v) is 5.95. The molecule has 1 rings (SSSR count). The van der Waals surface area contributed by atoms with Gasteiger partial charge in [-0.05, 0) is 39.5 Å². The highest BCUT2D eigenvalue weighted by atomic mass is 16.6. The summed E-state index contributed by atoms with van der Waals surface area (Å²) in [5.41, 5.74) is -0.596. The van der Waals surface area contributed by atoms with Crippen LogP contribution in [0.5, 0.6) is 0 Å². The number of ether oxygens (including phenoxy) is 1. The lowest BCUT2D eigenvalue weighted by Crippen LogP contribution is -2.53. The van der Waals surface area contributed by atoms with Gasteiger partial charge in [-0.2, -0.15) is 0 Å². The van der Waals surface area contributed by atoms with Crippen molar-refractivity contribution in [1.29, 1.82) is 0 Å². The zero-order chi connectivity index (χ0) is 13.2. The number of aliphatic carboxylic acids is 1. The van der Waals surface area contributed by atoms with Gasteiger partial charge in [-0.15, -0.1) is 0 Å². The number of rotatable bonds is 1. The molecule has 0 aromatic rings. The number of carbonyl (C=O) groups excluding carboxylic acids is 1. The second-order valence-electron chi connectivity index (χ2n) is 5.58. The average molecular weight is 243 g/mol. The van der Waals surface area contributed by atoms with Crippen LogP contribution in [0.3, 0.4) is 0 Å². The number of likely N-dealkylation sites (tertiary alicyclic amines) is 1. The van der Waals surface area contributed by atoms with Gasteiger partial charge in [0, 0.05) is 6.54 Å². The summed E-state index contributed by atoms with van der Waals surface area (Å²) >= 11 is 0. The first-order valence-electron chi connectivity index (χ1n) is 5.95. The van der Waals surface area contributed by atoms with Crippen LogP contribution in [-0.2, 0) is 9.53 Å². The van der Waals surface area contributed by atoms with Crippen molar-refractivity contribution in [1.82, 2.24) is 4.90 Å². The van der Waals surface area contributed by atoms with E-state index in [1.165, 1.54) is 4.90 Å². The maximum atomic E-state index is 11.9. The molecule has 1 saturated heterocycles. The fraction of sp³-hybridized carbons (Fsp3) is 0.833. The highest BCUT2D eigenvalue weighted by molar-refractivity contribution is 5.80. The van der Waals surface area contributed by atoms with E-state index in [0.717, 1.165) is 12.8 Å². The Hall–Kier alpha value is -1.26. The molecule has 5 nitrogen and oxygen atoms in total. The summed E-state index contributed by atoms with van der Waals surface area (Å²) in [6.45, 7) is 7.63. The lowest BCUT2D eigenvalue weighted by molar-refractivity contribution is -0.146. The van der Waals surface area contributed by atoms with E-state index in [4.69, 9.17) is 4.74 Å². The number of nitrogens with zero attached hydrogens (tertiary/aromatic N) is 1. The quantitative estimate of drug-likeness (QED) is 0.766. The van der Waals surface area contributed by atoms with E-state index >= 15 is 0 Å². The van der Waals surface area contributed by atoms with Crippen molar-refractivity contribution in [2.24, 2.45) is 5.92 Å². The zero-order valence-electron chi connectivity index (χ0n) is 10.9. The van der Waals surface area contributed by atoms with E-state index in [1.54, 1.807) is 20.8 Å². The smallest absolute Gasteiger partial charge is 0.411 e. The van der Waals surface area contributed by atoms with E-state index < -0.39 is 23.7 Å². The van der Waals surface area contributed by atoms with Gasteiger partial charge < -0.3 is 9.84 Å². The Kier molecular flexibility index (Phi) is 4.01. The third-order valence-corrected chi connectivity index (χ3v) is 2.81. The molecule has 0 saturated carbocycles. The molecule has 1 N–H and O–H groups in total. The number of hydrogen-bond acceptors (Lipinski definition) is 3. The van der Waals surface area contributed by atoms with Crippen LogP contribution < -0.4 is 0 Å². The Bertz CT molecular complexity index is 308. The summed E-state index contributed by atoms with van der Waals surface area (Å²) in [6, 6.07) is -0.765. The van der Waals surface area contributed by atoms with Crippen LogP contribution in [0.2, 0.25) is 0 Å². The molecule has 1 aliphatic heterocycles. The van der Waals surface area contributed by atoms with Gasteiger partial charge in [-0.25, -0.2) is 9.59 Å². The molecule has 0 aliphatic carbocycles. The molecule has 5 heteroatoms. The highest BCUT2D eigenvalue weighted by Crippen LogP contribution is 2.25. The van der Waals surface area contributed by atoms with E-state index in [-0.39, 0.29) is 5.92 Å². The first-order chi connectivity index (χ1) is 7.72. The fourth-order valence-electron chi connectivity index (χ4n) is 2.09. The van der Waals surface area contributed by atoms with Crippen LogP contribution in [0.1, 0.15) is 40.5 Å². The van der Waals surface area contributed by atoms with Crippen LogP contribution in [0, 0.1) is 5.92 Å². The molecular formula is C12H21NO4. The van der Waals surface area contributed by atoms with Gasteiger partial charge in [0.2, 0.25) is 0 Å². The Morgan fingerprint density at radius 1 is 1.35 bits per heavy atom. The minimum Gasteiger partial charge on any atom is -0.480 e. The summed E-state index contributed by atoms with van der Waals surface area (Å²) in [7, 11) is 0. The van der Waals surface area contributed by atoms with Crippen molar-refractivity contribution >= 4 is 12.1 Å². The van der Waals surface area contributed by atoms with Crippen LogP contribution in [0.25, 0.3) is 0 Å². The lowest BCUT2D eigenvalue weighted by atomic mass is 9.91. The third kappa shape index (κ3) is 3.61. The Morgan fingerprint density at radius 3 is 2.41 bits per heavy atom. The highest BCUT2D eigenvalue weighted by Gasteiger charge is 2.38. The fourth-order valence-corrected chi connectivity index (χ4v) is 2.09. The topological polar surface area (TPSA) is 66.8 Å². The van der Waals surface area contributed by atoms with E-state index in [9.17, 15) is 14.7 Å². The molecule has 1 fully saturated rings. The van der Waals surface area contributed by atoms with Gasteiger partial charge >= 0.3 is 12.1 Å². The second kappa shape index (κ2) is 4.94. The van der Waals surface area contributed by atoms with Crippen molar-refractivity contribution in [3.63, 3.8) is 0 Å². The molecule has 2 atom stereocenters. The van der Waals surface area contributed by atoms with Crippen LogP contribution >= 0.6 is 0 Å². The van der Waals surface area contributed by atoms with Crippen LogP contribution in [0.4, 0.5) is 4.79 Å². The molecular weight excluding hydrogens is 222 g/mol. The maximum Gasteiger partial charge on any atom is 0.411 e. The molecule has 0 bridgehead atoms. The third-order valence-electron chi connectivity index (χ3n) is 2.81. The van der Waals surface area contributed by atoms with E-state index in [2.05, 4.69) is 0 Å².